The van der Waals surface area contributed by atoms with Crippen LogP contribution < -0.4 is 0 Å². The average molecular weight is 426 g/mol. The fraction of sp³-hybridized carbons (Fsp3) is 0.360. The minimum Gasteiger partial charge on any atom is -0.463 e. The summed E-state index contributed by atoms with van der Waals surface area (Å²) in [4.78, 5) is 27.7. The fourth-order valence-corrected chi connectivity index (χ4v) is 3.99. The van der Waals surface area contributed by atoms with Gasteiger partial charge in [0.2, 0.25) is 0 Å². The van der Waals surface area contributed by atoms with Gasteiger partial charge in [0.1, 0.15) is 5.83 Å². The molecule has 0 aromatic heterocycles. The maximum absolute atomic E-state index is 14.4. The molecule has 5 nitrogen and oxygen atoms in total. The van der Waals surface area contributed by atoms with Crippen LogP contribution in [0.1, 0.15) is 26.3 Å². The van der Waals surface area contributed by atoms with Crippen LogP contribution >= 0.6 is 0 Å². The van der Waals surface area contributed by atoms with E-state index in [-0.39, 0.29) is 19.0 Å². The molecule has 2 unspecified atom stereocenters. The lowest BCUT2D eigenvalue weighted by molar-refractivity contribution is -0.140. The van der Waals surface area contributed by atoms with E-state index in [0.717, 1.165) is 5.56 Å². The molecule has 0 amide bonds. The van der Waals surface area contributed by atoms with Crippen LogP contribution in [0.25, 0.3) is 0 Å². The molecule has 1 aliphatic carbocycles. The highest BCUT2D eigenvalue weighted by Crippen LogP contribution is 2.42. The first kappa shape index (κ1) is 22.5. The predicted molar refractivity (Wildman–Crippen MR) is 116 cm³/mol. The molecular weight excluding hydrogens is 397 g/mol. The number of carbonyl (C=O) groups is 2. The number of carbonyl (C=O) groups excluding carboxylic acids is 2. The summed E-state index contributed by atoms with van der Waals surface area (Å²) in [5, 5.41) is 0. The molecule has 0 saturated carbocycles. The molecule has 1 heterocycles. The topological polar surface area (TPSA) is 55.8 Å². The van der Waals surface area contributed by atoms with E-state index in [1.54, 1.807) is 44.1 Å². The number of benzene rings is 1. The van der Waals surface area contributed by atoms with Crippen LogP contribution in [0.4, 0.5) is 4.39 Å². The molecule has 1 aromatic carbocycles. The molecule has 3 rings (SSSR count). The maximum atomic E-state index is 14.4. The molecule has 0 saturated heterocycles. The molecule has 0 radical (unpaired) electrons. The van der Waals surface area contributed by atoms with Crippen LogP contribution in [0.5, 0.6) is 0 Å². The molecule has 0 N–H and O–H groups in total. The number of nitrogens with zero attached hydrogens (tertiary/aromatic N) is 1. The van der Waals surface area contributed by atoms with Crippen molar-refractivity contribution in [1.29, 1.82) is 0 Å². The van der Waals surface area contributed by atoms with Gasteiger partial charge in [-0.1, -0.05) is 49.4 Å². The summed E-state index contributed by atoms with van der Waals surface area (Å²) < 4.78 is 25.0. The van der Waals surface area contributed by atoms with E-state index in [4.69, 9.17) is 9.47 Å². The normalized spacial score (nSPS) is 21.2. The van der Waals surface area contributed by atoms with Crippen LogP contribution in [0, 0.1) is 17.8 Å². The second-order valence-corrected chi connectivity index (χ2v) is 7.55. The predicted octanol–water partition coefficient (Wildman–Crippen LogP) is 4.69. The van der Waals surface area contributed by atoms with Crippen LogP contribution in [-0.4, -0.2) is 30.1 Å². The zero-order chi connectivity index (χ0) is 22.4. The number of allylic oxidation sites excluding steroid dienone is 4. The summed E-state index contributed by atoms with van der Waals surface area (Å²) in [6.07, 6.45) is 8.28. The third-order valence-electron chi connectivity index (χ3n) is 5.50. The molecule has 164 valence electrons. The van der Waals surface area contributed by atoms with Gasteiger partial charge in [0, 0.05) is 30.8 Å². The number of hydrogen-bond donors (Lipinski definition) is 0. The van der Waals surface area contributed by atoms with Crippen molar-refractivity contribution in [3.8, 4) is 0 Å². The Kier molecular flexibility index (Phi) is 7.45. The van der Waals surface area contributed by atoms with Crippen LogP contribution in [0.15, 0.2) is 77.9 Å². The quantitative estimate of drug-likeness (QED) is 0.594. The van der Waals surface area contributed by atoms with Gasteiger partial charge in [-0.05, 0) is 31.4 Å². The van der Waals surface area contributed by atoms with Gasteiger partial charge in [-0.2, -0.15) is 0 Å². The molecular formula is C25H28FNO4. The van der Waals surface area contributed by atoms with Crippen molar-refractivity contribution < 1.29 is 23.5 Å². The van der Waals surface area contributed by atoms with Gasteiger partial charge in [-0.25, -0.2) is 14.0 Å². The third-order valence-corrected chi connectivity index (χ3v) is 5.50. The molecule has 2 aliphatic rings. The smallest absolute Gasteiger partial charge is 0.336 e. The summed E-state index contributed by atoms with van der Waals surface area (Å²) in [7, 11) is 0. The second kappa shape index (κ2) is 10.2. The van der Waals surface area contributed by atoms with Crippen molar-refractivity contribution in [3.05, 3.63) is 83.5 Å². The number of esters is 2. The lowest BCUT2D eigenvalue weighted by Gasteiger charge is -2.36. The third kappa shape index (κ3) is 5.13. The van der Waals surface area contributed by atoms with Gasteiger partial charge in [0.05, 0.1) is 24.4 Å². The molecule has 0 bridgehead atoms. The van der Waals surface area contributed by atoms with Crippen molar-refractivity contribution >= 4 is 11.9 Å². The van der Waals surface area contributed by atoms with E-state index in [1.165, 1.54) is 6.08 Å². The Morgan fingerprint density at radius 1 is 1.00 bits per heavy atom. The van der Waals surface area contributed by atoms with Crippen molar-refractivity contribution in [2.75, 3.05) is 13.2 Å². The Balaban J connectivity index is 2.06. The molecule has 2 atom stereocenters. The lowest BCUT2D eigenvalue weighted by atomic mass is 9.71. The Bertz CT molecular complexity index is 896. The SMILES string of the molecule is CCOC(=O)C1=CN(Cc2ccccc2)C=C(C(=O)OCC)C1C1C=CC=C(F)C1C. The minimum atomic E-state index is -0.671. The minimum absolute atomic E-state index is 0.199. The fourth-order valence-electron chi connectivity index (χ4n) is 3.99. The van der Waals surface area contributed by atoms with E-state index in [0.29, 0.717) is 17.7 Å². The van der Waals surface area contributed by atoms with Gasteiger partial charge < -0.3 is 14.4 Å². The maximum Gasteiger partial charge on any atom is 0.336 e. The number of halogens is 1. The first-order chi connectivity index (χ1) is 15.0. The molecule has 1 aromatic rings. The summed E-state index contributed by atoms with van der Waals surface area (Å²) in [5.41, 5.74) is 1.65. The van der Waals surface area contributed by atoms with Gasteiger partial charge in [-0.15, -0.1) is 0 Å². The summed E-state index contributed by atoms with van der Waals surface area (Å²) >= 11 is 0. The summed E-state index contributed by atoms with van der Waals surface area (Å²) in [6, 6.07) is 9.71. The Morgan fingerprint density at radius 2 is 1.58 bits per heavy atom. The first-order valence-corrected chi connectivity index (χ1v) is 10.6. The Morgan fingerprint density at radius 3 is 2.13 bits per heavy atom. The van der Waals surface area contributed by atoms with Gasteiger partial charge in [-0.3, -0.25) is 0 Å². The number of rotatable bonds is 7. The Labute approximate surface area is 182 Å². The largest absolute Gasteiger partial charge is 0.463 e. The van der Waals surface area contributed by atoms with Gasteiger partial charge in [0.15, 0.2) is 0 Å². The highest BCUT2D eigenvalue weighted by molar-refractivity contribution is 5.96. The van der Waals surface area contributed by atoms with Crippen molar-refractivity contribution in [2.45, 2.75) is 27.3 Å². The highest BCUT2D eigenvalue weighted by atomic mass is 19.1. The number of ether oxygens (including phenoxy) is 2. The van der Waals surface area contributed by atoms with Crippen LogP contribution in [-0.2, 0) is 25.6 Å². The molecule has 31 heavy (non-hydrogen) atoms. The van der Waals surface area contributed by atoms with E-state index in [1.807, 2.05) is 36.4 Å². The first-order valence-electron chi connectivity index (χ1n) is 10.6. The van der Waals surface area contributed by atoms with Crippen LogP contribution in [0.2, 0.25) is 0 Å². The van der Waals surface area contributed by atoms with Crippen molar-refractivity contribution in [3.63, 3.8) is 0 Å². The monoisotopic (exact) mass is 425 g/mol. The van der Waals surface area contributed by atoms with E-state index < -0.39 is 29.7 Å². The average Bonchev–Trinajstić information content (AvgIpc) is 2.76. The second-order valence-electron chi connectivity index (χ2n) is 7.55. The van der Waals surface area contributed by atoms with Gasteiger partial charge in [0.25, 0.3) is 0 Å². The molecule has 0 spiro atoms. The summed E-state index contributed by atoms with van der Waals surface area (Å²) in [6.45, 7) is 6.07. The van der Waals surface area contributed by atoms with Crippen molar-refractivity contribution in [1.82, 2.24) is 4.90 Å². The van der Waals surface area contributed by atoms with Crippen LogP contribution in [0.3, 0.4) is 0 Å². The standard InChI is InChI=1S/C25H28FNO4/c1-4-30-24(28)20-15-27(14-18-10-7-6-8-11-18)16-21(25(29)31-5-2)23(20)19-12-9-13-22(26)17(19)3/h6-13,15-17,19,23H,4-5,14H2,1-3H3. The van der Waals surface area contributed by atoms with E-state index in [2.05, 4.69) is 0 Å². The van der Waals surface area contributed by atoms with E-state index >= 15 is 0 Å². The zero-order valence-corrected chi connectivity index (χ0v) is 18.1. The lowest BCUT2D eigenvalue weighted by Crippen LogP contribution is -2.36. The molecule has 6 heteroatoms. The summed E-state index contributed by atoms with van der Waals surface area (Å²) in [5.74, 6) is -2.91. The molecule has 0 fully saturated rings. The van der Waals surface area contributed by atoms with Crippen molar-refractivity contribution in [2.24, 2.45) is 17.8 Å². The van der Waals surface area contributed by atoms with E-state index in [9.17, 15) is 14.0 Å². The highest BCUT2D eigenvalue weighted by Gasteiger charge is 2.41. The molecule has 1 aliphatic heterocycles. The Hall–Kier alpha value is -3.15. The number of hydrogen-bond acceptors (Lipinski definition) is 5. The van der Waals surface area contributed by atoms with Gasteiger partial charge >= 0.3 is 11.9 Å². The zero-order valence-electron chi connectivity index (χ0n) is 18.1.